The van der Waals surface area contributed by atoms with E-state index < -0.39 is 11.8 Å². The number of carbonyl (C=O) groups is 1. The predicted molar refractivity (Wildman–Crippen MR) is 62.1 cm³/mol. The molecule has 2 N–H and O–H groups in total. The Balaban J connectivity index is 2.33. The van der Waals surface area contributed by atoms with Crippen LogP contribution < -0.4 is 0 Å². The molecule has 1 aromatic carbocycles. The van der Waals surface area contributed by atoms with Crippen LogP contribution in [0.2, 0.25) is 0 Å². The lowest BCUT2D eigenvalue weighted by Gasteiger charge is -2.03. The second kappa shape index (κ2) is 5.00. The average molecular weight is 251 g/mol. The van der Waals surface area contributed by atoms with Crippen LogP contribution in [0.5, 0.6) is 0 Å². The lowest BCUT2D eigenvalue weighted by molar-refractivity contribution is -0.136. The predicted octanol–water partition coefficient (Wildman–Crippen LogP) is 2.98. The number of rotatable bonds is 4. The summed E-state index contributed by atoms with van der Waals surface area (Å²) in [6, 6.07) is 5.58. The van der Waals surface area contributed by atoms with E-state index in [9.17, 15) is 13.6 Å². The summed E-state index contributed by atoms with van der Waals surface area (Å²) in [6.07, 6.45) is 1.12. The fourth-order valence-corrected chi connectivity index (χ4v) is 1.78. The summed E-state index contributed by atoms with van der Waals surface area (Å²) in [6.45, 7) is 0. The maximum absolute atomic E-state index is 13.5. The lowest BCUT2D eigenvalue weighted by atomic mass is 10.0. The quantitative estimate of drug-likeness (QED) is 0.877. The Morgan fingerprint density at radius 3 is 2.50 bits per heavy atom. The monoisotopic (exact) mass is 251 g/mol. The molecule has 0 unspecified atom stereocenters. The van der Waals surface area contributed by atoms with E-state index in [-0.39, 0.29) is 18.7 Å². The van der Waals surface area contributed by atoms with E-state index in [0.29, 0.717) is 16.8 Å². The second-order valence-electron chi connectivity index (χ2n) is 3.89. The first kappa shape index (κ1) is 12.3. The number of carboxylic acid groups (broad SMARTS) is 1. The molecule has 3 nitrogen and oxygen atoms in total. The number of nitrogens with one attached hydrogen (secondary N) is 1. The molecular weight excluding hydrogens is 240 g/mol. The summed E-state index contributed by atoms with van der Waals surface area (Å²) in [5.74, 6) is -1.84. The van der Waals surface area contributed by atoms with Gasteiger partial charge >= 0.3 is 5.97 Å². The van der Waals surface area contributed by atoms with E-state index in [1.54, 1.807) is 0 Å². The molecule has 0 amide bonds. The Labute approximate surface area is 102 Å². The summed E-state index contributed by atoms with van der Waals surface area (Å²) < 4.78 is 26.3. The van der Waals surface area contributed by atoms with Gasteiger partial charge in [-0.25, -0.2) is 8.78 Å². The number of hydrogen-bond donors (Lipinski definition) is 2. The van der Waals surface area contributed by atoms with Crippen molar-refractivity contribution in [2.45, 2.75) is 12.8 Å². The van der Waals surface area contributed by atoms with Crippen LogP contribution in [0.1, 0.15) is 12.0 Å². The lowest BCUT2D eigenvalue weighted by Crippen LogP contribution is -1.99. The van der Waals surface area contributed by atoms with Crippen LogP contribution in [-0.4, -0.2) is 16.1 Å². The highest BCUT2D eigenvalue weighted by molar-refractivity contribution is 5.69. The minimum absolute atomic E-state index is 0.0946. The van der Waals surface area contributed by atoms with Gasteiger partial charge in [-0.2, -0.15) is 0 Å². The largest absolute Gasteiger partial charge is 0.481 e. The molecule has 0 aliphatic rings. The highest BCUT2D eigenvalue weighted by atomic mass is 19.1. The van der Waals surface area contributed by atoms with Crippen molar-refractivity contribution in [3.8, 4) is 11.3 Å². The van der Waals surface area contributed by atoms with Gasteiger partial charge in [0.15, 0.2) is 0 Å². The molecule has 2 rings (SSSR count). The highest BCUT2D eigenvalue weighted by Crippen LogP contribution is 2.26. The van der Waals surface area contributed by atoms with E-state index in [0.717, 1.165) is 0 Å². The third-order valence-electron chi connectivity index (χ3n) is 2.66. The molecule has 1 aromatic heterocycles. The van der Waals surface area contributed by atoms with Crippen molar-refractivity contribution in [3.63, 3.8) is 0 Å². The van der Waals surface area contributed by atoms with Crippen molar-refractivity contribution in [3.05, 3.63) is 47.7 Å². The van der Waals surface area contributed by atoms with Crippen molar-refractivity contribution < 1.29 is 18.7 Å². The van der Waals surface area contributed by atoms with Gasteiger partial charge in [-0.15, -0.1) is 0 Å². The van der Waals surface area contributed by atoms with Crippen LogP contribution in [0.15, 0.2) is 30.5 Å². The zero-order valence-corrected chi connectivity index (χ0v) is 9.41. The molecule has 0 radical (unpaired) electrons. The molecule has 18 heavy (non-hydrogen) atoms. The molecule has 5 heteroatoms. The maximum Gasteiger partial charge on any atom is 0.303 e. The first-order valence-corrected chi connectivity index (χ1v) is 5.41. The van der Waals surface area contributed by atoms with E-state index in [2.05, 4.69) is 4.98 Å². The summed E-state index contributed by atoms with van der Waals surface area (Å²) in [5, 5.41) is 8.62. The molecule has 94 valence electrons. The van der Waals surface area contributed by atoms with Gasteiger partial charge in [0.2, 0.25) is 0 Å². The van der Waals surface area contributed by atoms with Gasteiger partial charge in [0, 0.05) is 18.2 Å². The van der Waals surface area contributed by atoms with Crippen molar-refractivity contribution in [2.24, 2.45) is 0 Å². The summed E-state index contributed by atoms with van der Waals surface area (Å²) >= 11 is 0. The number of carboxylic acids is 1. The van der Waals surface area contributed by atoms with Crippen LogP contribution in [0, 0.1) is 11.6 Å². The van der Waals surface area contributed by atoms with E-state index in [1.165, 1.54) is 30.5 Å². The number of H-pyrrole nitrogens is 1. The normalized spacial score (nSPS) is 10.6. The van der Waals surface area contributed by atoms with Gasteiger partial charge in [-0.1, -0.05) is 0 Å². The molecule has 0 aliphatic carbocycles. The molecular formula is C13H11F2NO2. The van der Waals surface area contributed by atoms with Crippen LogP contribution in [0.3, 0.4) is 0 Å². The zero-order chi connectivity index (χ0) is 13.1. The molecule has 1 heterocycles. The van der Waals surface area contributed by atoms with Gasteiger partial charge < -0.3 is 10.1 Å². The second-order valence-corrected chi connectivity index (χ2v) is 3.89. The first-order chi connectivity index (χ1) is 8.58. The minimum atomic E-state index is -0.986. The Morgan fingerprint density at radius 1 is 1.22 bits per heavy atom. The Morgan fingerprint density at radius 2 is 1.89 bits per heavy atom. The molecule has 2 aromatic rings. The molecule has 0 bridgehead atoms. The molecule has 0 saturated heterocycles. The van der Waals surface area contributed by atoms with Crippen LogP contribution in [-0.2, 0) is 11.2 Å². The van der Waals surface area contributed by atoms with Crippen LogP contribution in [0.25, 0.3) is 11.3 Å². The van der Waals surface area contributed by atoms with E-state index >= 15 is 0 Å². The maximum atomic E-state index is 13.5. The Hall–Kier alpha value is -2.17. The number of aromatic nitrogens is 1. The van der Waals surface area contributed by atoms with Gasteiger partial charge in [0.05, 0.1) is 5.69 Å². The smallest absolute Gasteiger partial charge is 0.303 e. The molecule has 0 aliphatic heterocycles. The summed E-state index contributed by atoms with van der Waals surface area (Å²) in [7, 11) is 0. The topological polar surface area (TPSA) is 53.1 Å². The first-order valence-electron chi connectivity index (χ1n) is 5.41. The Kier molecular flexibility index (Phi) is 3.41. The molecule has 0 fully saturated rings. The van der Waals surface area contributed by atoms with Crippen molar-refractivity contribution in [1.82, 2.24) is 4.98 Å². The molecule has 0 spiro atoms. The summed E-state index contributed by atoms with van der Waals surface area (Å²) in [4.78, 5) is 13.3. The van der Waals surface area contributed by atoms with Crippen molar-refractivity contribution >= 4 is 5.97 Å². The van der Waals surface area contributed by atoms with Crippen molar-refractivity contribution in [1.29, 1.82) is 0 Å². The SMILES string of the molecule is O=C(O)CCc1c(F)c[nH]c1-c1ccc(F)cc1. The number of hydrogen-bond acceptors (Lipinski definition) is 1. The van der Waals surface area contributed by atoms with E-state index in [4.69, 9.17) is 5.11 Å². The number of aliphatic carboxylic acids is 1. The van der Waals surface area contributed by atoms with Gasteiger partial charge in [-0.05, 0) is 36.2 Å². The fraction of sp³-hybridized carbons (Fsp3) is 0.154. The van der Waals surface area contributed by atoms with Gasteiger partial charge in [0.25, 0.3) is 0 Å². The number of benzene rings is 1. The number of aromatic amines is 1. The van der Waals surface area contributed by atoms with Crippen LogP contribution >= 0.6 is 0 Å². The van der Waals surface area contributed by atoms with Crippen LogP contribution in [0.4, 0.5) is 8.78 Å². The van der Waals surface area contributed by atoms with Crippen molar-refractivity contribution in [2.75, 3.05) is 0 Å². The molecule has 0 saturated carbocycles. The highest BCUT2D eigenvalue weighted by Gasteiger charge is 2.14. The summed E-state index contributed by atoms with van der Waals surface area (Å²) in [5.41, 5.74) is 1.43. The van der Waals surface area contributed by atoms with E-state index in [1.807, 2.05) is 0 Å². The van der Waals surface area contributed by atoms with Gasteiger partial charge in [0.1, 0.15) is 11.6 Å². The Bertz CT molecular complexity index is 561. The standard InChI is InChI=1S/C13H11F2NO2/c14-9-3-1-8(2-4-9)13-10(5-6-12(17)18)11(15)7-16-13/h1-4,7,16H,5-6H2,(H,17,18). The third-order valence-corrected chi connectivity index (χ3v) is 2.66. The van der Waals surface area contributed by atoms with Gasteiger partial charge in [-0.3, -0.25) is 4.79 Å². The zero-order valence-electron chi connectivity index (χ0n) is 9.41. The number of halogens is 2. The fourth-order valence-electron chi connectivity index (χ4n) is 1.78. The molecule has 0 atom stereocenters. The third kappa shape index (κ3) is 2.56. The minimum Gasteiger partial charge on any atom is -0.481 e. The average Bonchev–Trinajstić information content (AvgIpc) is 2.69.